The number of nitrogens with one attached hydrogen (secondary N) is 1. The van der Waals surface area contributed by atoms with E-state index in [1.54, 1.807) is 0 Å². The van der Waals surface area contributed by atoms with E-state index in [4.69, 9.17) is 15.9 Å². The molecule has 162 valence electrons. The topological polar surface area (TPSA) is 114 Å². The lowest BCUT2D eigenvalue weighted by Crippen LogP contribution is -2.45. The molecule has 0 aromatic carbocycles. The third-order valence-corrected chi connectivity index (χ3v) is 5.83. The molecule has 2 aromatic rings. The third kappa shape index (κ3) is 4.49. The number of allylic oxidation sites excluding steroid dienone is 3. The summed E-state index contributed by atoms with van der Waals surface area (Å²) in [4.78, 5) is 20.1. The molecule has 3 heterocycles. The van der Waals surface area contributed by atoms with Crippen molar-refractivity contribution in [3.8, 4) is 0 Å². The summed E-state index contributed by atoms with van der Waals surface area (Å²) in [6.45, 7) is 9.54. The summed E-state index contributed by atoms with van der Waals surface area (Å²) in [5.74, 6) is 0.829. The predicted molar refractivity (Wildman–Crippen MR) is 120 cm³/mol. The number of anilines is 1. The molecule has 1 aliphatic carbocycles. The molecular formula is C23H29N7O. The van der Waals surface area contributed by atoms with Gasteiger partial charge in [0, 0.05) is 42.5 Å². The van der Waals surface area contributed by atoms with Crippen LogP contribution in [-0.2, 0) is 4.74 Å². The van der Waals surface area contributed by atoms with Crippen molar-refractivity contribution in [3.63, 3.8) is 0 Å². The van der Waals surface area contributed by atoms with Gasteiger partial charge < -0.3 is 15.4 Å². The summed E-state index contributed by atoms with van der Waals surface area (Å²) >= 11 is 0. The Morgan fingerprint density at radius 2 is 1.87 bits per heavy atom. The molecule has 4 rings (SSSR count). The molecule has 0 amide bonds. The van der Waals surface area contributed by atoms with E-state index in [9.17, 15) is 0 Å². The molecule has 1 fully saturated rings. The number of hydrogen-bond acceptors (Lipinski definition) is 8. The van der Waals surface area contributed by atoms with Crippen LogP contribution in [0.15, 0.2) is 42.0 Å². The maximum atomic E-state index is 8.83. The first-order valence-electron chi connectivity index (χ1n) is 10.6. The number of hydrogen-bond donors (Lipinski definition) is 2. The first kappa shape index (κ1) is 21.1. The van der Waals surface area contributed by atoms with E-state index in [1.165, 1.54) is 6.33 Å². The highest BCUT2D eigenvalue weighted by atomic mass is 16.5. The van der Waals surface area contributed by atoms with Crippen LogP contribution >= 0.6 is 0 Å². The van der Waals surface area contributed by atoms with E-state index >= 15 is 0 Å². The SMILES string of the molecule is Cc1ncc(C2C=CC(N)=C(C(=N)c3cc(N4C[C@@H](C)O[C@@H](C)C4)ncn3)C2)nc1C. The zero-order valence-electron chi connectivity index (χ0n) is 18.5. The van der Waals surface area contributed by atoms with Gasteiger partial charge in [0.15, 0.2) is 0 Å². The van der Waals surface area contributed by atoms with E-state index in [0.717, 1.165) is 41.6 Å². The highest BCUT2D eigenvalue weighted by molar-refractivity contribution is 6.10. The number of rotatable bonds is 4. The van der Waals surface area contributed by atoms with Crippen molar-refractivity contribution in [2.45, 2.75) is 52.2 Å². The lowest BCUT2D eigenvalue weighted by atomic mass is 9.87. The van der Waals surface area contributed by atoms with Gasteiger partial charge in [-0.15, -0.1) is 0 Å². The van der Waals surface area contributed by atoms with Crippen molar-refractivity contribution in [2.75, 3.05) is 18.0 Å². The number of morpholine rings is 1. The fourth-order valence-electron chi connectivity index (χ4n) is 4.09. The molecule has 2 aromatic heterocycles. The van der Waals surface area contributed by atoms with Crippen LogP contribution in [0.3, 0.4) is 0 Å². The van der Waals surface area contributed by atoms with Gasteiger partial charge in [0.1, 0.15) is 12.1 Å². The Labute approximate surface area is 182 Å². The zero-order valence-corrected chi connectivity index (χ0v) is 18.5. The molecule has 0 radical (unpaired) electrons. The maximum absolute atomic E-state index is 8.83. The summed E-state index contributed by atoms with van der Waals surface area (Å²) in [6, 6.07) is 1.87. The predicted octanol–water partition coefficient (Wildman–Crippen LogP) is 2.82. The summed E-state index contributed by atoms with van der Waals surface area (Å²) in [6.07, 6.45) is 8.07. The second-order valence-electron chi connectivity index (χ2n) is 8.37. The maximum Gasteiger partial charge on any atom is 0.132 e. The highest BCUT2D eigenvalue weighted by Crippen LogP contribution is 2.31. The molecule has 1 aliphatic heterocycles. The number of aryl methyl sites for hydroxylation is 2. The van der Waals surface area contributed by atoms with Crippen LogP contribution in [0.25, 0.3) is 0 Å². The molecule has 8 nitrogen and oxygen atoms in total. The first-order chi connectivity index (χ1) is 14.8. The minimum Gasteiger partial charge on any atom is -0.398 e. The Morgan fingerprint density at radius 3 is 2.58 bits per heavy atom. The molecule has 2 aliphatic rings. The van der Waals surface area contributed by atoms with E-state index < -0.39 is 0 Å². The number of nitrogens with zero attached hydrogens (tertiary/aromatic N) is 5. The first-order valence-corrected chi connectivity index (χ1v) is 10.6. The number of aromatic nitrogens is 4. The molecule has 1 saturated heterocycles. The second-order valence-corrected chi connectivity index (χ2v) is 8.37. The van der Waals surface area contributed by atoms with Gasteiger partial charge in [-0.05, 0) is 40.2 Å². The molecule has 8 heteroatoms. The minimum atomic E-state index is 0.0247. The summed E-state index contributed by atoms with van der Waals surface area (Å²) in [5, 5.41) is 8.83. The summed E-state index contributed by atoms with van der Waals surface area (Å²) in [7, 11) is 0. The second kappa shape index (κ2) is 8.55. The van der Waals surface area contributed by atoms with Crippen molar-refractivity contribution in [2.24, 2.45) is 5.73 Å². The lowest BCUT2D eigenvalue weighted by Gasteiger charge is -2.36. The van der Waals surface area contributed by atoms with Crippen LogP contribution in [0, 0.1) is 19.3 Å². The third-order valence-electron chi connectivity index (χ3n) is 5.83. The standard InChI is InChI=1S/C23H29N7O/c1-13-10-30(11-14(2)31-13)22-8-20(27-12-28-22)23(25)18-7-17(5-6-19(18)24)21-9-26-15(3)16(4)29-21/h5-6,8-9,12-14,17,25H,7,10-11,24H2,1-4H3/t13-,14+,17?. The van der Waals surface area contributed by atoms with Crippen molar-refractivity contribution >= 4 is 11.5 Å². The Morgan fingerprint density at radius 1 is 1.13 bits per heavy atom. The molecular weight excluding hydrogens is 390 g/mol. The van der Waals surface area contributed by atoms with E-state index in [0.29, 0.717) is 23.5 Å². The van der Waals surface area contributed by atoms with Gasteiger partial charge in [0.2, 0.25) is 0 Å². The van der Waals surface area contributed by atoms with Gasteiger partial charge in [0.05, 0.1) is 40.7 Å². The molecule has 1 unspecified atom stereocenters. The summed E-state index contributed by atoms with van der Waals surface area (Å²) in [5.41, 5.74) is 11.2. The summed E-state index contributed by atoms with van der Waals surface area (Å²) < 4.78 is 5.82. The van der Waals surface area contributed by atoms with Crippen molar-refractivity contribution in [1.29, 1.82) is 5.41 Å². The van der Waals surface area contributed by atoms with Gasteiger partial charge >= 0.3 is 0 Å². The van der Waals surface area contributed by atoms with Gasteiger partial charge in [-0.2, -0.15) is 0 Å². The van der Waals surface area contributed by atoms with E-state index in [1.807, 2.05) is 38.3 Å². The average Bonchev–Trinajstić information content (AvgIpc) is 2.75. The van der Waals surface area contributed by atoms with Crippen LogP contribution < -0.4 is 10.6 Å². The van der Waals surface area contributed by atoms with Crippen LogP contribution in [0.1, 0.15) is 49.0 Å². The zero-order chi connectivity index (χ0) is 22.1. The molecule has 3 atom stereocenters. The van der Waals surface area contributed by atoms with Gasteiger partial charge in [-0.3, -0.25) is 15.4 Å². The number of nitrogens with two attached hydrogens (primary N) is 1. The van der Waals surface area contributed by atoms with Gasteiger partial charge in [-0.1, -0.05) is 6.08 Å². The Hall–Kier alpha value is -3.13. The van der Waals surface area contributed by atoms with Gasteiger partial charge in [-0.25, -0.2) is 9.97 Å². The van der Waals surface area contributed by atoms with Crippen LogP contribution in [0.2, 0.25) is 0 Å². The largest absolute Gasteiger partial charge is 0.398 e. The smallest absolute Gasteiger partial charge is 0.132 e. The van der Waals surface area contributed by atoms with Gasteiger partial charge in [0.25, 0.3) is 0 Å². The lowest BCUT2D eigenvalue weighted by molar-refractivity contribution is -0.00546. The van der Waals surface area contributed by atoms with Crippen LogP contribution in [0.5, 0.6) is 0 Å². The molecule has 31 heavy (non-hydrogen) atoms. The van der Waals surface area contributed by atoms with Crippen molar-refractivity contribution in [3.05, 3.63) is 64.8 Å². The molecule has 0 saturated carbocycles. The fraction of sp³-hybridized carbons (Fsp3) is 0.435. The molecule has 0 spiro atoms. The molecule has 0 bridgehead atoms. The quantitative estimate of drug-likeness (QED) is 0.733. The average molecular weight is 420 g/mol. The van der Waals surface area contributed by atoms with Crippen molar-refractivity contribution < 1.29 is 4.74 Å². The van der Waals surface area contributed by atoms with Crippen LogP contribution in [-0.4, -0.2) is 50.9 Å². The molecule has 3 N–H and O–H groups in total. The van der Waals surface area contributed by atoms with Crippen molar-refractivity contribution in [1.82, 2.24) is 19.9 Å². The normalized spacial score (nSPS) is 23.9. The monoisotopic (exact) mass is 419 g/mol. The van der Waals surface area contributed by atoms with Crippen LogP contribution in [0.4, 0.5) is 5.82 Å². The highest BCUT2D eigenvalue weighted by Gasteiger charge is 2.26. The minimum absolute atomic E-state index is 0.0247. The van der Waals surface area contributed by atoms with E-state index in [-0.39, 0.29) is 18.1 Å². The Balaban J connectivity index is 1.57. The number of ether oxygens (including phenoxy) is 1. The Kier molecular flexibility index (Phi) is 5.82. The Bertz CT molecular complexity index is 1050. The fourth-order valence-corrected chi connectivity index (χ4v) is 4.09. The van der Waals surface area contributed by atoms with E-state index in [2.05, 4.69) is 38.7 Å².